The van der Waals surface area contributed by atoms with Gasteiger partial charge in [-0.15, -0.1) is 11.3 Å². The summed E-state index contributed by atoms with van der Waals surface area (Å²) in [5, 5.41) is 4.86. The van der Waals surface area contributed by atoms with E-state index in [-0.39, 0.29) is 0 Å². The Balaban J connectivity index is 2.03. The van der Waals surface area contributed by atoms with E-state index >= 15 is 0 Å². The molecule has 0 saturated heterocycles. The van der Waals surface area contributed by atoms with E-state index in [0.29, 0.717) is 0 Å². The van der Waals surface area contributed by atoms with E-state index in [1.807, 2.05) is 29.6 Å². The Morgan fingerprint density at radius 1 is 0.818 bits per heavy atom. The van der Waals surface area contributed by atoms with Gasteiger partial charge < -0.3 is 4.98 Å². The van der Waals surface area contributed by atoms with Gasteiger partial charge in [-0.1, -0.05) is 0 Å². The highest BCUT2D eigenvalue weighted by molar-refractivity contribution is 7.13. The zero-order valence-electron chi connectivity index (χ0n) is 11.3. The van der Waals surface area contributed by atoms with Crippen molar-refractivity contribution in [3.63, 3.8) is 0 Å². The Hall–Kier alpha value is -2.86. The third-order valence-electron chi connectivity index (χ3n) is 3.70. The van der Waals surface area contributed by atoms with Gasteiger partial charge in [-0.05, 0) is 24.3 Å². The predicted octanol–water partition coefficient (Wildman–Crippen LogP) is 3.78. The van der Waals surface area contributed by atoms with Gasteiger partial charge in [-0.3, -0.25) is 9.97 Å². The van der Waals surface area contributed by atoms with E-state index in [1.54, 1.807) is 29.9 Å². The number of benzene rings is 1. The summed E-state index contributed by atoms with van der Waals surface area (Å²) in [6.45, 7) is 0. The molecular formula is C16H9N5S. The molecule has 0 spiro atoms. The summed E-state index contributed by atoms with van der Waals surface area (Å²) >= 11 is 1.57. The van der Waals surface area contributed by atoms with Crippen LogP contribution in [0.4, 0.5) is 0 Å². The summed E-state index contributed by atoms with van der Waals surface area (Å²) in [7, 11) is 0. The molecule has 0 aliphatic heterocycles. The van der Waals surface area contributed by atoms with Crippen LogP contribution >= 0.6 is 11.3 Å². The van der Waals surface area contributed by atoms with Gasteiger partial charge in [0.15, 0.2) is 10.8 Å². The van der Waals surface area contributed by atoms with Crippen LogP contribution in [-0.2, 0) is 0 Å². The molecule has 0 bridgehead atoms. The second-order valence-corrected chi connectivity index (χ2v) is 5.84. The van der Waals surface area contributed by atoms with Crippen LogP contribution in [0.2, 0.25) is 0 Å². The van der Waals surface area contributed by atoms with Crippen molar-refractivity contribution in [2.45, 2.75) is 0 Å². The van der Waals surface area contributed by atoms with E-state index < -0.39 is 0 Å². The Morgan fingerprint density at radius 2 is 1.59 bits per heavy atom. The number of nitrogens with one attached hydrogen (secondary N) is 1. The number of hydrogen-bond donors (Lipinski definition) is 1. The maximum Gasteiger partial charge on any atom is 0.167 e. The van der Waals surface area contributed by atoms with Crippen molar-refractivity contribution in [2.75, 3.05) is 0 Å². The highest BCUT2D eigenvalue weighted by Gasteiger charge is 2.15. The quantitative estimate of drug-likeness (QED) is 0.478. The van der Waals surface area contributed by atoms with Gasteiger partial charge in [-0.25, -0.2) is 9.97 Å². The van der Waals surface area contributed by atoms with Crippen LogP contribution in [0.5, 0.6) is 0 Å². The van der Waals surface area contributed by atoms with Crippen LogP contribution in [0.25, 0.3) is 43.7 Å². The number of hydrogen-bond acceptors (Lipinski definition) is 5. The zero-order chi connectivity index (χ0) is 14.5. The lowest BCUT2D eigenvalue weighted by Gasteiger charge is -2.03. The first-order valence-electron chi connectivity index (χ1n) is 6.83. The molecule has 0 aliphatic carbocycles. The highest BCUT2D eigenvalue weighted by Crippen LogP contribution is 2.33. The standard InChI is InChI=1S/C16H9N5S/c1-3-9-11(17-5-1)12-10(4-2-6-18-12)14-13(9)20-15(21-14)16-19-7-8-22-16/h1-8H,(H,20,21). The summed E-state index contributed by atoms with van der Waals surface area (Å²) in [6, 6.07) is 7.93. The van der Waals surface area contributed by atoms with Gasteiger partial charge in [0.1, 0.15) is 0 Å². The first-order chi connectivity index (χ1) is 10.9. The summed E-state index contributed by atoms with van der Waals surface area (Å²) in [5.41, 5.74) is 3.66. The number of H-pyrrole nitrogens is 1. The molecule has 0 aliphatic rings. The van der Waals surface area contributed by atoms with Gasteiger partial charge >= 0.3 is 0 Å². The minimum absolute atomic E-state index is 0.784. The second-order valence-electron chi connectivity index (χ2n) is 4.95. The number of aromatic nitrogens is 5. The molecule has 0 amide bonds. The van der Waals surface area contributed by atoms with Crippen LogP contribution < -0.4 is 0 Å². The molecule has 5 aromatic rings. The van der Waals surface area contributed by atoms with E-state index in [4.69, 9.17) is 4.98 Å². The molecule has 5 rings (SSSR count). The number of aromatic amines is 1. The fraction of sp³-hybridized carbons (Fsp3) is 0. The maximum absolute atomic E-state index is 4.76. The molecule has 1 N–H and O–H groups in total. The third kappa shape index (κ3) is 1.52. The minimum Gasteiger partial charge on any atom is -0.335 e. The van der Waals surface area contributed by atoms with E-state index in [9.17, 15) is 0 Å². The molecule has 0 saturated carbocycles. The molecule has 0 atom stereocenters. The van der Waals surface area contributed by atoms with Gasteiger partial charge in [0.25, 0.3) is 0 Å². The van der Waals surface area contributed by atoms with E-state index in [2.05, 4.69) is 19.9 Å². The lowest BCUT2D eigenvalue weighted by atomic mass is 10.1. The molecule has 22 heavy (non-hydrogen) atoms. The molecule has 0 radical (unpaired) electrons. The summed E-state index contributed by atoms with van der Waals surface area (Å²) in [5.74, 6) is 0.784. The normalized spacial score (nSPS) is 11.6. The summed E-state index contributed by atoms with van der Waals surface area (Å²) < 4.78 is 0. The van der Waals surface area contributed by atoms with Crippen molar-refractivity contribution in [1.82, 2.24) is 24.9 Å². The van der Waals surface area contributed by atoms with Crippen LogP contribution in [0.3, 0.4) is 0 Å². The van der Waals surface area contributed by atoms with Gasteiger partial charge in [0, 0.05) is 34.7 Å². The molecule has 4 aromatic heterocycles. The van der Waals surface area contributed by atoms with Crippen molar-refractivity contribution in [2.24, 2.45) is 0 Å². The largest absolute Gasteiger partial charge is 0.335 e. The number of thiazole rings is 1. The molecular weight excluding hydrogens is 294 g/mol. The van der Waals surface area contributed by atoms with Crippen LogP contribution in [-0.4, -0.2) is 24.9 Å². The summed E-state index contributed by atoms with van der Waals surface area (Å²) in [4.78, 5) is 21.5. The van der Waals surface area contributed by atoms with E-state index in [0.717, 1.165) is 43.7 Å². The number of nitrogens with zero attached hydrogens (tertiary/aromatic N) is 4. The SMILES string of the molecule is c1cnc2c(c1)c1nc(-c3nccs3)[nH]c1c1cccnc12. The first-order valence-corrected chi connectivity index (χ1v) is 7.71. The molecule has 0 fully saturated rings. The highest BCUT2D eigenvalue weighted by atomic mass is 32.1. The average Bonchev–Trinajstić information content (AvgIpc) is 3.24. The third-order valence-corrected chi connectivity index (χ3v) is 4.48. The first kappa shape index (κ1) is 11.8. The van der Waals surface area contributed by atoms with Gasteiger partial charge in [-0.2, -0.15) is 0 Å². The second kappa shape index (κ2) is 4.32. The summed E-state index contributed by atoms with van der Waals surface area (Å²) in [6.07, 6.45) is 5.36. The molecule has 0 unspecified atom stereocenters. The predicted molar refractivity (Wildman–Crippen MR) is 87.8 cm³/mol. The van der Waals surface area contributed by atoms with E-state index in [1.165, 1.54) is 0 Å². The monoisotopic (exact) mass is 303 g/mol. The van der Waals surface area contributed by atoms with Crippen LogP contribution in [0.15, 0.2) is 48.2 Å². The van der Waals surface area contributed by atoms with Crippen molar-refractivity contribution >= 4 is 44.2 Å². The van der Waals surface area contributed by atoms with Crippen molar-refractivity contribution in [1.29, 1.82) is 0 Å². The average molecular weight is 303 g/mol. The smallest absolute Gasteiger partial charge is 0.167 e. The van der Waals surface area contributed by atoms with Crippen molar-refractivity contribution in [3.8, 4) is 10.8 Å². The lowest BCUT2D eigenvalue weighted by Crippen LogP contribution is -1.86. The number of imidazole rings is 1. The van der Waals surface area contributed by atoms with Crippen molar-refractivity contribution < 1.29 is 0 Å². The number of pyridine rings is 2. The maximum atomic E-state index is 4.76. The number of rotatable bonds is 1. The molecule has 4 heterocycles. The van der Waals surface area contributed by atoms with Crippen LogP contribution in [0, 0.1) is 0 Å². The topological polar surface area (TPSA) is 67.3 Å². The fourth-order valence-electron chi connectivity index (χ4n) is 2.79. The molecule has 1 aromatic carbocycles. The molecule has 104 valence electrons. The Bertz CT molecular complexity index is 1050. The Morgan fingerprint density at radius 3 is 2.36 bits per heavy atom. The fourth-order valence-corrected chi connectivity index (χ4v) is 3.37. The Labute approximate surface area is 128 Å². The van der Waals surface area contributed by atoms with Crippen LogP contribution in [0.1, 0.15) is 0 Å². The number of fused-ring (bicyclic) bond motifs is 6. The lowest BCUT2D eigenvalue weighted by molar-refractivity contribution is 1.29. The van der Waals surface area contributed by atoms with Gasteiger partial charge in [0.05, 0.1) is 22.1 Å². The Kier molecular flexibility index (Phi) is 2.31. The van der Waals surface area contributed by atoms with Crippen molar-refractivity contribution in [3.05, 3.63) is 48.2 Å². The van der Waals surface area contributed by atoms with Gasteiger partial charge in [0.2, 0.25) is 0 Å². The molecule has 6 heteroatoms. The minimum atomic E-state index is 0.784. The zero-order valence-corrected chi connectivity index (χ0v) is 12.1. The molecule has 5 nitrogen and oxygen atoms in total.